The van der Waals surface area contributed by atoms with E-state index < -0.39 is 26.6 Å². The first-order chi connectivity index (χ1) is 17.3. The lowest BCUT2D eigenvalue weighted by atomic mass is 9.95. The zero-order chi connectivity index (χ0) is 25.2. The van der Waals surface area contributed by atoms with E-state index in [0.717, 1.165) is 53.9 Å². The molecule has 2 aliphatic carbocycles. The second kappa shape index (κ2) is 8.23. The van der Waals surface area contributed by atoms with Crippen LogP contribution < -0.4 is 4.90 Å². The molecule has 0 aromatic heterocycles. The Balaban J connectivity index is 1.38. The number of carbonyl (C=O) groups is 2. The van der Waals surface area contributed by atoms with Gasteiger partial charge in [0.2, 0.25) is 0 Å². The number of aliphatic hydroxyl groups excluding tert-OH is 1. The van der Waals surface area contributed by atoms with Gasteiger partial charge in [0.05, 0.1) is 17.1 Å². The largest absolute Gasteiger partial charge is 0.392 e. The van der Waals surface area contributed by atoms with Crippen LogP contribution in [0.5, 0.6) is 0 Å². The van der Waals surface area contributed by atoms with Gasteiger partial charge in [0.25, 0.3) is 10.1 Å². The summed E-state index contributed by atoms with van der Waals surface area (Å²) in [4.78, 5) is 27.9. The molecule has 1 fully saturated rings. The van der Waals surface area contributed by atoms with E-state index in [1.807, 2.05) is 42.5 Å². The second-order valence-electron chi connectivity index (χ2n) is 9.52. The van der Waals surface area contributed by atoms with Gasteiger partial charge in [0.15, 0.2) is 11.6 Å². The third-order valence-electron chi connectivity index (χ3n) is 7.50. The fraction of sp³-hybridized carbons (Fsp3) is 0.214. The van der Waals surface area contributed by atoms with Gasteiger partial charge in [0.1, 0.15) is 0 Å². The first kappa shape index (κ1) is 22.8. The molecule has 0 saturated heterocycles. The van der Waals surface area contributed by atoms with Crippen molar-refractivity contribution >= 4 is 39.1 Å². The van der Waals surface area contributed by atoms with Crippen LogP contribution in [0.1, 0.15) is 62.6 Å². The number of hydrogen-bond donors (Lipinski definition) is 2. The predicted molar refractivity (Wildman–Crippen MR) is 134 cm³/mol. The molecule has 0 radical (unpaired) electrons. The van der Waals surface area contributed by atoms with Gasteiger partial charge in [-0.05, 0) is 78.1 Å². The highest BCUT2D eigenvalue weighted by atomic mass is 32.2. The smallest absolute Gasteiger partial charge is 0.294 e. The van der Waals surface area contributed by atoms with E-state index in [4.69, 9.17) is 0 Å². The van der Waals surface area contributed by atoms with Gasteiger partial charge in [-0.3, -0.25) is 14.1 Å². The summed E-state index contributed by atoms with van der Waals surface area (Å²) in [7, 11) is -4.49. The molecule has 2 atom stereocenters. The summed E-state index contributed by atoms with van der Waals surface area (Å²) < 4.78 is 32.3. The molecule has 36 heavy (non-hydrogen) atoms. The highest BCUT2D eigenvalue weighted by Gasteiger charge is 2.42. The average molecular weight is 502 g/mol. The van der Waals surface area contributed by atoms with E-state index in [-0.39, 0.29) is 23.3 Å². The lowest BCUT2D eigenvalue weighted by molar-refractivity contribution is 0.0990. The van der Waals surface area contributed by atoms with E-state index in [0.29, 0.717) is 12.0 Å². The SMILES string of the molecule is O=C1C(=Cc2ccc3c(c2)C2CCCC2N3c2ccc(CO)cc2)C(=O)c2cc(S(=O)(=O)O)ccc21. The van der Waals surface area contributed by atoms with Gasteiger partial charge in [-0.25, -0.2) is 0 Å². The molecular formula is C28H23NO6S. The Morgan fingerprint density at radius 3 is 2.39 bits per heavy atom. The maximum Gasteiger partial charge on any atom is 0.294 e. The van der Waals surface area contributed by atoms with Crippen LogP contribution >= 0.6 is 0 Å². The first-order valence-corrected chi connectivity index (χ1v) is 13.3. The number of benzene rings is 3. The number of nitrogens with zero attached hydrogens (tertiary/aromatic N) is 1. The summed E-state index contributed by atoms with van der Waals surface area (Å²) in [6.07, 6.45) is 4.82. The third-order valence-corrected chi connectivity index (χ3v) is 8.35. The van der Waals surface area contributed by atoms with Crippen molar-refractivity contribution in [2.45, 2.75) is 42.7 Å². The fourth-order valence-corrected chi connectivity index (χ4v) is 6.33. The number of fused-ring (bicyclic) bond motifs is 4. The van der Waals surface area contributed by atoms with Crippen molar-refractivity contribution < 1.29 is 27.7 Å². The molecule has 0 bridgehead atoms. The Hall–Kier alpha value is -3.59. The minimum Gasteiger partial charge on any atom is -0.392 e. The highest BCUT2D eigenvalue weighted by Crippen LogP contribution is 2.52. The van der Waals surface area contributed by atoms with Gasteiger partial charge in [-0.1, -0.05) is 24.6 Å². The Kier molecular flexibility index (Phi) is 5.22. The van der Waals surface area contributed by atoms with Crippen LogP contribution in [0.4, 0.5) is 11.4 Å². The molecule has 3 aromatic carbocycles. The first-order valence-electron chi connectivity index (χ1n) is 11.8. The minimum absolute atomic E-state index is 0.000613. The molecule has 1 saturated carbocycles. The van der Waals surface area contributed by atoms with Crippen molar-refractivity contribution in [3.8, 4) is 0 Å². The van der Waals surface area contributed by atoms with Crippen molar-refractivity contribution in [2.75, 3.05) is 4.90 Å². The van der Waals surface area contributed by atoms with Gasteiger partial charge in [-0.2, -0.15) is 8.42 Å². The number of Topliss-reactive ketones (excluding diaryl/α,β-unsaturated/α-hetero) is 2. The van der Waals surface area contributed by atoms with Crippen LogP contribution in [0.3, 0.4) is 0 Å². The molecule has 3 aromatic rings. The summed E-state index contributed by atoms with van der Waals surface area (Å²) in [6, 6.07) is 17.6. The van der Waals surface area contributed by atoms with Crippen molar-refractivity contribution in [1.82, 2.24) is 0 Å². The van der Waals surface area contributed by atoms with Gasteiger partial charge >= 0.3 is 0 Å². The highest BCUT2D eigenvalue weighted by molar-refractivity contribution is 7.85. The van der Waals surface area contributed by atoms with Crippen molar-refractivity contribution in [3.05, 3.63) is 94.1 Å². The van der Waals surface area contributed by atoms with Crippen LogP contribution in [0.25, 0.3) is 6.08 Å². The van der Waals surface area contributed by atoms with E-state index in [9.17, 15) is 27.7 Å². The summed E-state index contributed by atoms with van der Waals surface area (Å²) >= 11 is 0. The Morgan fingerprint density at radius 1 is 0.917 bits per heavy atom. The third kappa shape index (κ3) is 3.52. The maximum absolute atomic E-state index is 13.0. The van der Waals surface area contributed by atoms with Gasteiger partial charge in [0, 0.05) is 34.5 Å². The molecule has 3 aliphatic rings. The Bertz CT molecular complexity index is 1570. The number of carbonyl (C=O) groups excluding carboxylic acids is 2. The summed E-state index contributed by atoms with van der Waals surface area (Å²) in [6.45, 7) is -0.000613. The quantitative estimate of drug-likeness (QED) is 0.303. The van der Waals surface area contributed by atoms with Crippen molar-refractivity contribution in [3.63, 3.8) is 0 Å². The molecule has 1 heterocycles. The van der Waals surface area contributed by atoms with Crippen LogP contribution in [0, 0.1) is 0 Å². The molecule has 1 aliphatic heterocycles. The van der Waals surface area contributed by atoms with E-state index in [2.05, 4.69) is 4.90 Å². The molecule has 2 N–H and O–H groups in total. The van der Waals surface area contributed by atoms with E-state index in [1.54, 1.807) is 6.08 Å². The van der Waals surface area contributed by atoms with Crippen molar-refractivity contribution in [1.29, 1.82) is 0 Å². The Labute approximate surface area is 208 Å². The maximum atomic E-state index is 13.0. The number of aliphatic hydroxyl groups is 1. The molecule has 2 unspecified atom stereocenters. The summed E-state index contributed by atoms with van der Waals surface area (Å²) in [5.41, 5.74) is 5.05. The second-order valence-corrected chi connectivity index (χ2v) is 10.9. The Morgan fingerprint density at radius 2 is 1.67 bits per heavy atom. The molecule has 0 amide bonds. The zero-order valence-corrected chi connectivity index (χ0v) is 20.0. The van der Waals surface area contributed by atoms with Gasteiger partial charge in [-0.15, -0.1) is 0 Å². The zero-order valence-electron chi connectivity index (χ0n) is 19.2. The van der Waals surface area contributed by atoms with Crippen LogP contribution in [-0.2, 0) is 16.7 Å². The number of anilines is 2. The molecular weight excluding hydrogens is 478 g/mol. The number of allylic oxidation sites excluding steroid dienone is 1. The normalized spacial score (nSPS) is 21.7. The summed E-state index contributed by atoms with van der Waals surface area (Å²) in [5.74, 6) is -0.660. The lowest BCUT2D eigenvalue weighted by Crippen LogP contribution is -2.26. The average Bonchev–Trinajstić information content (AvgIpc) is 3.52. The van der Waals surface area contributed by atoms with Crippen LogP contribution in [0.2, 0.25) is 0 Å². The topological polar surface area (TPSA) is 112 Å². The molecule has 7 nitrogen and oxygen atoms in total. The van der Waals surface area contributed by atoms with E-state index >= 15 is 0 Å². The minimum atomic E-state index is -4.49. The standard InChI is InChI=1S/C28H23NO6S/c30-15-16-4-7-18(8-5-16)29-25-3-1-2-20(25)22-12-17(6-11-26(22)29)13-24-27(31)21-10-9-19(36(33,34)35)14-23(21)28(24)32/h4-14,20,25,30H,1-3,15H2,(H,33,34,35). The molecule has 0 spiro atoms. The van der Waals surface area contributed by atoms with Gasteiger partial charge < -0.3 is 10.0 Å². The number of hydrogen-bond acceptors (Lipinski definition) is 6. The van der Waals surface area contributed by atoms with Crippen LogP contribution in [0.15, 0.2) is 71.1 Å². The fourth-order valence-electron chi connectivity index (χ4n) is 5.82. The monoisotopic (exact) mass is 501 g/mol. The molecule has 182 valence electrons. The van der Waals surface area contributed by atoms with Crippen molar-refractivity contribution in [2.24, 2.45) is 0 Å². The number of ketones is 2. The summed E-state index contributed by atoms with van der Waals surface area (Å²) in [5, 5.41) is 9.39. The lowest BCUT2D eigenvalue weighted by Gasteiger charge is -2.27. The van der Waals surface area contributed by atoms with E-state index in [1.165, 1.54) is 11.6 Å². The number of rotatable bonds is 4. The van der Waals surface area contributed by atoms with Crippen LogP contribution in [-0.4, -0.2) is 35.7 Å². The molecule has 8 heteroatoms. The predicted octanol–water partition coefficient (Wildman–Crippen LogP) is 4.68. The molecule has 6 rings (SSSR count).